The Balaban J connectivity index is 1.81. The maximum absolute atomic E-state index is 11.3. The van der Waals surface area contributed by atoms with Gasteiger partial charge in [0.1, 0.15) is 6.04 Å². The van der Waals surface area contributed by atoms with Crippen LogP contribution >= 0.6 is 11.8 Å². The number of nitrogens with one attached hydrogen (secondary N) is 1. The highest BCUT2D eigenvalue weighted by Crippen LogP contribution is 2.36. The monoisotopic (exact) mass is 331 g/mol. The van der Waals surface area contributed by atoms with E-state index in [4.69, 9.17) is 5.11 Å². The smallest absolute Gasteiger partial charge is 0.321 e. The number of thioether (sulfide) groups is 1. The molecule has 1 saturated heterocycles. The molecule has 0 amide bonds. The van der Waals surface area contributed by atoms with E-state index in [1.54, 1.807) is 11.8 Å². The van der Waals surface area contributed by atoms with Crippen LogP contribution in [-0.4, -0.2) is 40.0 Å². The lowest BCUT2D eigenvalue weighted by Crippen LogP contribution is -2.37. The third-order valence-electron chi connectivity index (χ3n) is 4.13. The molecule has 3 rings (SSSR count). The summed E-state index contributed by atoms with van der Waals surface area (Å²) in [5.41, 5.74) is 0. The number of aliphatic carboxylic acids is 2. The minimum atomic E-state index is -0.988. The number of fused-ring (bicyclic) bond motifs is 1. The number of carboxylic acid groups (broad SMARTS) is 2. The zero-order valence-corrected chi connectivity index (χ0v) is 13.1. The first-order valence-corrected chi connectivity index (χ1v) is 8.26. The molecule has 2 aromatic rings. The Labute approximate surface area is 137 Å². The van der Waals surface area contributed by atoms with Gasteiger partial charge in [0, 0.05) is 22.6 Å². The van der Waals surface area contributed by atoms with E-state index in [1.807, 2.05) is 36.4 Å². The van der Waals surface area contributed by atoms with E-state index < -0.39 is 23.9 Å². The molecule has 0 saturated carbocycles. The van der Waals surface area contributed by atoms with Crippen molar-refractivity contribution >= 4 is 34.5 Å². The van der Waals surface area contributed by atoms with E-state index in [-0.39, 0.29) is 11.7 Å². The number of hydrogen-bond acceptors (Lipinski definition) is 4. The SMILES string of the molecule is O=C(O)C[C@H]1[C@@H](Sc2ccc3ccccc3c2)CN[C@@H]1C(=O)O. The van der Waals surface area contributed by atoms with Gasteiger partial charge in [-0.15, -0.1) is 11.8 Å². The van der Waals surface area contributed by atoms with E-state index >= 15 is 0 Å². The van der Waals surface area contributed by atoms with Crippen molar-refractivity contribution in [3.05, 3.63) is 42.5 Å². The number of benzene rings is 2. The van der Waals surface area contributed by atoms with Crippen LogP contribution in [-0.2, 0) is 9.59 Å². The predicted octanol–water partition coefficient (Wildman–Crippen LogP) is 2.45. The Morgan fingerprint density at radius 2 is 1.87 bits per heavy atom. The fraction of sp³-hybridized carbons (Fsp3) is 0.294. The van der Waals surface area contributed by atoms with Crippen molar-refractivity contribution in [3.8, 4) is 0 Å². The second-order valence-corrected chi connectivity index (χ2v) is 6.96. The van der Waals surface area contributed by atoms with E-state index in [2.05, 4.69) is 11.4 Å². The van der Waals surface area contributed by atoms with Gasteiger partial charge in [0.15, 0.2) is 0 Å². The van der Waals surface area contributed by atoms with Gasteiger partial charge in [-0.05, 0) is 22.9 Å². The third kappa shape index (κ3) is 3.48. The Morgan fingerprint density at radius 1 is 1.13 bits per heavy atom. The zero-order valence-electron chi connectivity index (χ0n) is 12.3. The lowest BCUT2D eigenvalue weighted by atomic mass is 9.96. The van der Waals surface area contributed by atoms with Crippen molar-refractivity contribution in [2.24, 2.45) is 5.92 Å². The maximum atomic E-state index is 11.3. The van der Waals surface area contributed by atoms with Crippen LogP contribution in [0.4, 0.5) is 0 Å². The second kappa shape index (κ2) is 6.60. The molecule has 0 aliphatic carbocycles. The number of hydrogen-bond donors (Lipinski definition) is 3. The van der Waals surface area contributed by atoms with Gasteiger partial charge in [-0.25, -0.2) is 0 Å². The van der Waals surface area contributed by atoms with Gasteiger partial charge in [0.25, 0.3) is 0 Å². The Morgan fingerprint density at radius 3 is 2.57 bits per heavy atom. The van der Waals surface area contributed by atoms with Gasteiger partial charge in [0.2, 0.25) is 0 Å². The maximum Gasteiger partial charge on any atom is 0.321 e. The van der Waals surface area contributed by atoms with E-state index in [1.165, 1.54) is 0 Å². The fourth-order valence-corrected chi connectivity index (χ4v) is 4.33. The summed E-state index contributed by atoms with van der Waals surface area (Å²) < 4.78 is 0. The molecule has 1 aliphatic rings. The molecule has 1 fully saturated rings. The van der Waals surface area contributed by atoms with Crippen LogP contribution in [0.15, 0.2) is 47.4 Å². The molecule has 120 valence electrons. The summed E-state index contributed by atoms with van der Waals surface area (Å²) in [6.45, 7) is 0.492. The van der Waals surface area contributed by atoms with Crippen molar-refractivity contribution in [1.29, 1.82) is 0 Å². The lowest BCUT2D eigenvalue weighted by Gasteiger charge is -2.19. The highest BCUT2D eigenvalue weighted by molar-refractivity contribution is 8.00. The van der Waals surface area contributed by atoms with Crippen molar-refractivity contribution in [2.75, 3.05) is 6.54 Å². The van der Waals surface area contributed by atoms with Crippen LogP contribution in [0.25, 0.3) is 10.8 Å². The molecule has 3 atom stereocenters. The molecule has 0 bridgehead atoms. The molecule has 23 heavy (non-hydrogen) atoms. The minimum Gasteiger partial charge on any atom is -0.481 e. The third-order valence-corrected chi connectivity index (χ3v) is 5.47. The van der Waals surface area contributed by atoms with Crippen molar-refractivity contribution in [3.63, 3.8) is 0 Å². The molecule has 6 heteroatoms. The summed E-state index contributed by atoms with van der Waals surface area (Å²) in [6, 6.07) is 13.3. The highest BCUT2D eigenvalue weighted by Gasteiger charge is 2.41. The molecular weight excluding hydrogens is 314 g/mol. The topological polar surface area (TPSA) is 86.6 Å². The molecule has 0 radical (unpaired) electrons. The average molecular weight is 331 g/mol. The molecule has 1 aliphatic heterocycles. The van der Waals surface area contributed by atoms with E-state index in [0.717, 1.165) is 15.7 Å². The molecule has 0 spiro atoms. The van der Waals surface area contributed by atoms with Gasteiger partial charge in [-0.1, -0.05) is 30.3 Å². The first-order chi connectivity index (χ1) is 11.0. The van der Waals surface area contributed by atoms with Crippen molar-refractivity contribution in [1.82, 2.24) is 5.32 Å². The van der Waals surface area contributed by atoms with Gasteiger partial charge < -0.3 is 15.5 Å². The lowest BCUT2D eigenvalue weighted by molar-refractivity contribution is -0.141. The Bertz CT molecular complexity index is 748. The van der Waals surface area contributed by atoms with Crippen LogP contribution in [0.1, 0.15) is 6.42 Å². The largest absolute Gasteiger partial charge is 0.481 e. The van der Waals surface area contributed by atoms with Crippen LogP contribution in [0.3, 0.4) is 0 Å². The number of carboxylic acids is 2. The summed E-state index contributed by atoms with van der Waals surface area (Å²) in [5.74, 6) is -2.38. The summed E-state index contributed by atoms with van der Waals surface area (Å²) >= 11 is 1.55. The molecule has 2 aromatic carbocycles. The summed E-state index contributed by atoms with van der Waals surface area (Å²) in [7, 11) is 0. The number of rotatable bonds is 5. The molecule has 0 aromatic heterocycles. The van der Waals surface area contributed by atoms with Gasteiger partial charge in [-0.3, -0.25) is 9.59 Å². The Kier molecular flexibility index (Phi) is 4.54. The normalized spacial score (nSPS) is 23.9. The van der Waals surface area contributed by atoms with Gasteiger partial charge in [0.05, 0.1) is 6.42 Å². The first kappa shape index (κ1) is 15.8. The van der Waals surface area contributed by atoms with E-state index in [9.17, 15) is 14.7 Å². The second-order valence-electron chi connectivity index (χ2n) is 5.65. The molecule has 5 nitrogen and oxygen atoms in total. The van der Waals surface area contributed by atoms with Crippen LogP contribution < -0.4 is 5.32 Å². The minimum absolute atomic E-state index is 0.0756. The summed E-state index contributed by atoms with van der Waals surface area (Å²) in [5, 5.41) is 23.4. The van der Waals surface area contributed by atoms with Gasteiger partial charge >= 0.3 is 11.9 Å². The molecule has 3 N–H and O–H groups in total. The summed E-state index contributed by atoms with van der Waals surface area (Å²) in [6.07, 6.45) is -0.144. The average Bonchev–Trinajstić information content (AvgIpc) is 2.89. The molecule has 0 unspecified atom stereocenters. The molecular formula is C17H17NO4S. The van der Waals surface area contributed by atoms with Crippen LogP contribution in [0.2, 0.25) is 0 Å². The molecule has 1 heterocycles. The van der Waals surface area contributed by atoms with E-state index in [0.29, 0.717) is 6.54 Å². The summed E-state index contributed by atoms with van der Waals surface area (Å²) in [4.78, 5) is 23.4. The standard InChI is InChI=1S/C17H17NO4S/c19-15(20)8-13-14(9-18-16(13)17(21)22)23-12-6-5-10-3-1-2-4-11(10)7-12/h1-7,13-14,16,18H,8-9H2,(H,19,20)(H,21,22)/t13-,14-,16-/m0/s1. The Hall–Kier alpha value is -2.05. The van der Waals surface area contributed by atoms with Crippen LogP contribution in [0, 0.1) is 5.92 Å². The predicted molar refractivity (Wildman–Crippen MR) is 88.8 cm³/mol. The van der Waals surface area contributed by atoms with Crippen LogP contribution in [0.5, 0.6) is 0 Å². The number of carbonyl (C=O) groups is 2. The first-order valence-electron chi connectivity index (χ1n) is 7.38. The zero-order chi connectivity index (χ0) is 16.4. The van der Waals surface area contributed by atoms with Crippen molar-refractivity contribution in [2.45, 2.75) is 22.6 Å². The highest BCUT2D eigenvalue weighted by atomic mass is 32.2. The van der Waals surface area contributed by atoms with Crippen molar-refractivity contribution < 1.29 is 19.8 Å². The quantitative estimate of drug-likeness (QED) is 0.780. The van der Waals surface area contributed by atoms with Gasteiger partial charge in [-0.2, -0.15) is 0 Å². The fourth-order valence-electron chi connectivity index (χ4n) is 3.03.